The van der Waals surface area contributed by atoms with Gasteiger partial charge in [0.1, 0.15) is 11.3 Å². The van der Waals surface area contributed by atoms with Crippen LogP contribution < -0.4 is 14.2 Å². The molecular formula is C28H23NO4. The van der Waals surface area contributed by atoms with Crippen LogP contribution in [0.3, 0.4) is 0 Å². The second kappa shape index (κ2) is 8.71. The van der Waals surface area contributed by atoms with Gasteiger partial charge in [0.2, 0.25) is 5.75 Å². The molecule has 0 atom stereocenters. The average Bonchev–Trinajstić information content (AvgIpc) is 3.33. The number of rotatable bonds is 6. The Bertz CT molecular complexity index is 1400. The van der Waals surface area contributed by atoms with Crippen LogP contribution >= 0.6 is 0 Å². The molecule has 0 saturated heterocycles. The van der Waals surface area contributed by atoms with Crippen LogP contribution in [0.5, 0.6) is 17.2 Å². The molecule has 5 nitrogen and oxygen atoms in total. The Morgan fingerprint density at radius 2 is 1.30 bits per heavy atom. The maximum Gasteiger partial charge on any atom is 0.203 e. The highest BCUT2D eigenvalue weighted by Crippen LogP contribution is 2.43. The van der Waals surface area contributed by atoms with E-state index in [1.165, 1.54) is 0 Å². The summed E-state index contributed by atoms with van der Waals surface area (Å²) >= 11 is 0. The summed E-state index contributed by atoms with van der Waals surface area (Å²) in [4.78, 5) is 4.55. The van der Waals surface area contributed by atoms with Gasteiger partial charge in [0, 0.05) is 23.4 Å². The summed E-state index contributed by atoms with van der Waals surface area (Å²) in [6.45, 7) is 0. The van der Waals surface area contributed by atoms with Crippen LogP contribution in [-0.4, -0.2) is 26.3 Å². The number of nitrogens with zero attached hydrogens (tertiary/aromatic N) is 1. The molecule has 33 heavy (non-hydrogen) atoms. The molecule has 0 unspecified atom stereocenters. The van der Waals surface area contributed by atoms with Crippen LogP contribution in [-0.2, 0) is 0 Å². The zero-order chi connectivity index (χ0) is 22.8. The minimum Gasteiger partial charge on any atom is -0.493 e. The Kier molecular flexibility index (Phi) is 5.45. The van der Waals surface area contributed by atoms with Crippen LogP contribution in [0.15, 0.2) is 89.5 Å². The van der Waals surface area contributed by atoms with Crippen molar-refractivity contribution in [2.75, 3.05) is 21.3 Å². The SMILES string of the molecule is COc1cc(-c2cc3nccc(-c4ccccc4-c4ccccc4)c3o2)cc(OC)c1OC. The normalized spacial score (nSPS) is 10.9. The van der Waals surface area contributed by atoms with Crippen molar-refractivity contribution in [3.8, 4) is 50.8 Å². The zero-order valence-electron chi connectivity index (χ0n) is 18.7. The summed E-state index contributed by atoms with van der Waals surface area (Å²) in [5.74, 6) is 2.33. The van der Waals surface area contributed by atoms with Gasteiger partial charge in [-0.05, 0) is 34.9 Å². The molecule has 2 aromatic heterocycles. The monoisotopic (exact) mass is 437 g/mol. The number of pyridine rings is 1. The van der Waals surface area contributed by atoms with E-state index < -0.39 is 0 Å². The fourth-order valence-corrected chi connectivity index (χ4v) is 4.10. The summed E-state index contributed by atoms with van der Waals surface area (Å²) in [6, 6.07) is 26.3. The first-order chi connectivity index (χ1) is 16.2. The minimum atomic E-state index is 0.537. The van der Waals surface area contributed by atoms with Crippen LogP contribution in [0.1, 0.15) is 0 Å². The van der Waals surface area contributed by atoms with Crippen LogP contribution in [0, 0.1) is 0 Å². The highest BCUT2D eigenvalue weighted by molar-refractivity contribution is 5.97. The molecule has 5 rings (SSSR count). The van der Waals surface area contributed by atoms with Gasteiger partial charge in [-0.2, -0.15) is 0 Å². The maximum absolute atomic E-state index is 6.39. The zero-order valence-corrected chi connectivity index (χ0v) is 18.7. The van der Waals surface area contributed by atoms with Gasteiger partial charge in [-0.3, -0.25) is 4.98 Å². The third-order valence-electron chi connectivity index (χ3n) is 5.66. The number of furan rings is 1. The molecule has 0 N–H and O–H groups in total. The number of ether oxygens (including phenoxy) is 3. The molecule has 5 aromatic rings. The van der Waals surface area contributed by atoms with E-state index in [0.29, 0.717) is 23.0 Å². The molecule has 0 aliphatic rings. The highest BCUT2D eigenvalue weighted by Gasteiger charge is 2.19. The quantitative estimate of drug-likeness (QED) is 0.291. The van der Waals surface area contributed by atoms with E-state index >= 15 is 0 Å². The van der Waals surface area contributed by atoms with E-state index in [1.54, 1.807) is 21.3 Å². The van der Waals surface area contributed by atoms with Gasteiger partial charge in [-0.1, -0.05) is 54.6 Å². The van der Waals surface area contributed by atoms with E-state index in [1.807, 2.05) is 60.8 Å². The van der Waals surface area contributed by atoms with Gasteiger partial charge in [0.25, 0.3) is 0 Å². The van der Waals surface area contributed by atoms with Gasteiger partial charge in [-0.15, -0.1) is 0 Å². The first-order valence-corrected chi connectivity index (χ1v) is 10.6. The Balaban J connectivity index is 1.68. The average molecular weight is 437 g/mol. The van der Waals surface area contributed by atoms with Crippen molar-refractivity contribution in [1.29, 1.82) is 0 Å². The molecule has 164 valence electrons. The lowest BCUT2D eigenvalue weighted by Crippen LogP contribution is -1.95. The number of hydrogen-bond donors (Lipinski definition) is 0. The van der Waals surface area contributed by atoms with Crippen LogP contribution in [0.25, 0.3) is 44.7 Å². The third-order valence-corrected chi connectivity index (χ3v) is 5.66. The van der Waals surface area contributed by atoms with Crippen molar-refractivity contribution < 1.29 is 18.6 Å². The van der Waals surface area contributed by atoms with Crippen molar-refractivity contribution in [2.45, 2.75) is 0 Å². The summed E-state index contributed by atoms with van der Waals surface area (Å²) in [5.41, 5.74) is 6.67. The lowest BCUT2D eigenvalue weighted by atomic mass is 9.95. The first kappa shape index (κ1) is 20.6. The lowest BCUT2D eigenvalue weighted by Gasteiger charge is -2.13. The van der Waals surface area contributed by atoms with Crippen molar-refractivity contribution in [1.82, 2.24) is 4.98 Å². The van der Waals surface area contributed by atoms with E-state index in [2.05, 4.69) is 29.2 Å². The Morgan fingerprint density at radius 1 is 0.636 bits per heavy atom. The molecule has 3 aromatic carbocycles. The molecule has 0 fully saturated rings. The van der Waals surface area contributed by atoms with Crippen LogP contribution in [0.4, 0.5) is 0 Å². The number of benzene rings is 3. The second-order valence-electron chi connectivity index (χ2n) is 7.51. The molecule has 0 bridgehead atoms. The largest absolute Gasteiger partial charge is 0.493 e. The number of aromatic nitrogens is 1. The smallest absolute Gasteiger partial charge is 0.203 e. The van der Waals surface area contributed by atoms with Gasteiger partial charge in [0.15, 0.2) is 17.1 Å². The first-order valence-electron chi connectivity index (χ1n) is 10.6. The van der Waals surface area contributed by atoms with E-state index in [9.17, 15) is 0 Å². The van der Waals surface area contributed by atoms with E-state index in [0.717, 1.165) is 38.9 Å². The summed E-state index contributed by atoms with van der Waals surface area (Å²) in [6.07, 6.45) is 1.81. The number of hydrogen-bond acceptors (Lipinski definition) is 5. The predicted molar refractivity (Wildman–Crippen MR) is 130 cm³/mol. The van der Waals surface area contributed by atoms with Gasteiger partial charge in [-0.25, -0.2) is 0 Å². The maximum atomic E-state index is 6.39. The second-order valence-corrected chi connectivity index (χ2v) is 7.51. The molecule has 0 aliphatic carbocycles. The molecule has 0 amide bonds. The fraction of sp³-hybridized carbons (Fsp3) is 0.107. The third kappa shape index (κ3) is 3.68. The van der Waals surface area contributed by atoms with E-state index in [-0.39, 0.29) is 0 Å². The highest BCUT2D eigenvalue weighted by atomic mass is 16.5. The number of fused-ring (bicyclic) bond motifs is 1. The molecule has 0 radical (unpaired) electrons. The van der Waals surface area contributed by atoms with Gasteiger partial charge >= 0.3 is 0 Å². The van der Waals surface area contributed by atoms with Crippen molar-refractivity contribution in [3.05, 3.63) is 85.1 Å². The lowest BCUT2D eigenvalue weighted by molar-refractivity contribution is 0.324. The standard InChI is InChI=1S/C28H23NO4/c1-30-25-15-19(16-26(31-2)28(25)32-3)24-17-23-27(33-24)22(13-14-29-23)21-12-8-7-11-20(21)18-9-5-4-6-10-18/h4-17H,1-3H3. The van der Waals surface area contributed by atoms with Crippen molar-refractivity contribution >= 4 is 11.1 Å². The summed E-state index contributed by atoms with van der Waals surface area (Å²) in [5, 5.41) is 0. The Morgan fingerprint density at radius 3 is 1.97 bits per heavy atom. The molecule has 0 saturated carbocycles. The van der Waals surface area contributed by atoms with Gasteiger partial charge < -0.3 is 18.6 Å². The van der Waals surface area contributed by atoms with Crippen LogP contribution in [0.2, 0.25) is 0 Å². The van der Waals surface area contributed by atoms with Crippen molar-refractivity contribution in [3.63, 3.8) is 0 Å². The molecule has 0 spiro atoms. The van der Waals surface area contributed by atoms with E-state index in [4.69, 9.17) is 18.6 Å². The Hall–Kier alpha value is -4.25. The fourth-order valence-electron chi connectivity index (χ4n) is 4.10. The number of methoxy groups -OCH3 is 3. The molecular weight excluding hydrogens is 414 g/mol. The molecule has 5 heteroatoms. The van der Waals surface area contributed by atoms with Gasteiger partial charge in [0.05, 0.1) is 21.3 Å². The summed E-state index contributed by atoms with van der Waals surface area (Å²) in [7, 11) is 4.78. The minimum absolute atomic E-state index is 0.537. The topological polar surface area (TPSA) is 53.7 Å². The summed E-state index contributed by atoms with van der Waals surface area (Å²) < 4.78 is 22.9. The Labute approximate surface area is 192 Å². The van der Waals surface area contributed by atoms with Crippen molar-refractivity contribution in [2.24, 2.45) is 0 Å². The molecule has 2 heterocycles. The molecule has 0 aliphatic heterocycles. The predicted octanol–water partition coefficient (Wildman–Crippen LogP) is 6.85.